The van der Waals surface area contributed by atoms with Crippen molar-refractivity contribution in [3.63, 3.8) is 0 Å². The number of aromatic nitrogens is 1. The van der Waals surface area contributed by atoms with Crippen molar-refractivity contribution in [2.24, 2.45) is 4.99 Å². The number of aryl methyl sites for hydroxylation is 1. The van der Waals surface area contributed by atoms with Crippen molar-refractivity contribution in [3.8, 4) is 0 Å². The number of amides is 1. The SMILES string of the molecule is CCC(C(=O)OC)n1c(=NC(=O)c2ccc(C)cc2)sc2cc(C(C)(C)C)ccc21. The van der Waals surface area contributed by atoms with Gasteiger partial charge in [0, 0.05) is 5.56 Å². The van der Waals surface area contributed by atoms with Gasteiger partial charge in [-0.15, -0.1) is 0 Å². The molecule has 3 aromatic rings. The normalized spacial score (nSPS) is 13.5. The van der Waals surface area contributed by atoms with Crippen LogP contribution in [-0.4, -0.2) is 23.6 Å². The molecule has 5 nitrogen and oxygen atoms in total. The molecule has 3 rings (SSSR count). The summed E-state index contributed by atoms with van der Waals surface area (Å²) in [5.41, 5.74) is 3.65. The molecule has 1 amide bonds. The van der Waals surface area contributed by atoms with Gasteiger partial charge < -0.3 is 9.30 Å². The number of hydrogen-bond donors (Lipinski definition) is 0. The lowest BCUT2D eigenvalue weighted by molar-refractivity contribution is -0.144. The molecule has 1 unspecified atom stereocenters. The summed E-state index contributed by atoms with van der Waals surface area (Å²) < 4.78 is 7.85. The largest absolute Gasteiger partial charge is 0.467 e. The summed E-state index contributed by atoms with van der Waals surface area (Å²) in [5.74, 6) is -0.674. The third kappa shape index (κ3) is 4.38. The van der Waals surface area contributed by atoms with Crippen LogP contribution in [0.3, 0.4) is 0 Å². The van der Waals surface area contributed by atoms with Crippen molar-refractivity contribution >= 4 is 33.4 Å². The van der Waals surface area contributed by atoms with Gasteiger partial charge >= 0.3 is 5.97 Å². The summed E-state index contributed by atoms with van der Waals surface area (Å²) in [4.78, 5) is 30.2. The second-order valence-electron chi connectivity index (χ2n) is 8.42. The number of fused-ring (bicyclic) bond motifs is 1. The van der Waals surface area contributed by atoms with Crippen LogP contribution in [0.25, 0.3) is 10.2 Å². The number of ether oxygens (including phenoxy) is 1. The van der Waals surface area contributed by atoms with Gasteiger partial charge in [-0.3, -0.25) is 4.79 Å². The van der Waals surface area contributed by atoms with Crippen LogP contribution in [-0.2, 0) is 14.9 Å². The fourth-order valence-corrected chi connectivity index (χ4v) is 4.43. The number of carbonyl (C=O) groups is 2. The van der Waals surface area contributed by atoms with Gasteiger partial charge in [-0.2, -0.15) is 4.99 Å². The highest BCUT2D eigenvalue weighted by Crippen LogP contribution is 2.29. The van der Waals surface area contributed by atoms with Crippen LogP contribution >= 0.6 is 11.3 Å². The van der Waals surface area contributed by atoms with Crippen LogP contribution in [0, 0.1) is 6.92 Å². The van der Waals surface area contributed by atoms with Gasteiger partial charge in [0.2, 0.25) is 0 Å². The lowest BCUT2D eigenvalue weighted by Crippen LogP contribution is -2.28. The maximum absolute atomic E-state index is 12.8. The summed E-state index contributed by atoms with van der Waals surface area (Å²) in [6.07, 6.45) is 0.533. The monoisotopic (exact) mass is 424 g/mol. The fourth-order valence-electron chi connectivity index (χ4n) is 3.33. The second-order valence-corrected chi connectivity index (χ2v) is 9.43. The molecular formula is C24H28N2O3S. The minimum absolute atomic E-state index is 0.00938. The van der Waals surface area contributed by atoms with E-state index in [0.29, 0.717) is 16.8 Å². The summed E-state index contributed by atoms with van der Waals surface area (Å²) in [6.45, 7) is 10.4. The fraction of sp³-hybridized carbons (Fsp3) is 0.375. The molecule has 30 heavy (non-hydrogen) atoms. The Hall–Kier alpha value is -2.73. The molecule has 158 valence electrons. The number of esters is 1. The molecule has 0 saturated heterocycles. The van der Waals surface area contributed by atoms with Gasteiger partial charge in [0.05, 0.1) is 17.3 Å². The molecule has 1 atom stereocenters. The molecule has 1 heterocycles. The molecule has 0 saturated carbocycles. The standard InChI is InChI=1S/C24H28N2O3S/c1-7-18(22(28)29-6)26-19-13-12-17(24(3,4)5)14-20(19)30-23(26)25-21(27)16-10-8-15(2)9-11-16/h8-14,18H,7H2,1-6H3. The van der Waals surface area contributed by atoms with Crippen molar-refractivity contribution in [3.05, 3.63) is 64.0 Å². The third-order valence-corrected chi connectivity index (χ3v) is 6.18. The molecule has 0 aliphatic rings. The van der Waals surface area contributed by atoms with E-state index in [2.05, 4.69) is 37.9 Å². The predicted octanol–water partition coefficient (Wildman–Crippen LogP) is 5.17. The summed E-state index contributed by atoms with van der Waals surface area (Å²) in [7, 11) is 1.38. The number of methoxy groups -OCH3 is 1. The highest BCUT2D eigenvalue weighted by Gasteiger charge is 2.24. The summed E-state index contributed by atoms with van der Waals surface area (Å²) >= 11 is 1.42. The minimum atomic E-state index is -0.547. The van der Waals surface area contributed by atoms with Gasteiger partial charge in [0.1, 0.15) is 6.04 Å². The topological polar surface area (TPSA) is 60.7 Å². The van der Waals surface area contributed by atoms with Crippen LogP contribution in [0.5, 0.6) is 0 Å². The first kappa shape index (κ1) is 22.0. The maximum atomic E-state index is 12.8. The Labute approximate surface area is 181 Å². The number of benzene rings is 2. The Morgan fingerprint density at radius 1 is 1.13 bits per heavy atom. The number of rotatable bonds is 4. The van der Waals surface area contributed by atoms with Crippen LogP contribution < -0.4 is 4.80 Å². The van der Waals surface area contributed by atoms with Gasteiger partial charge in [-0.25, -0.2) is 4.79 Å². The van der Waals surface area contributed by atoms with Crippen LogP contribution in [0.2, 0.25) is 0 Å². The number of hydrogen-bond acceptors (Lipinski definition) is 4. The van der Waals surface area contributed by atoms with Crippen LogP contribution in [0.15, 0.2) is 47.5 Å². The van der Waals surface area contributed by atoms with Gasteiger partial charge in [-0.05, 0) is 48.6 Å². The summed E-state index contributed by atoms with van der Waals surface area (Å²) in [6, 6.07) is 13.0. The Morgan fingerprint density at radius 3 is 2.37 bits per heavy atom. The van der Waals surface area contributed by atoms with E-state index >= 15 is 0 Å². The number of thiazole rings is 1. The van der Waals surface area contributed by atoms with Crippen molar-refractivity contribution in [1.29, 1.82) is 0 Å². The Balaban J connectivity index is 2.24. The van der Waals surface area contributed by atoms with Crippen molar-refractivity contribution in [1.82, 2.24) is 4.57 Å². The molecule has 0 N–H and O–H groups in total. The molecule has 0 aliphatic heterocycles. The molecular weight excluding hydrogens is 396 g/mol. The molecule has 6 heteroatoms. The smallest absolute Gasteiger partial charge is 0.328 e. The van der Waals surface area contributed by atoms with E-state index in [9.17, 15) is 9.59 Å². The molecule has 1 aromatic heterocycles. The van der Waals surface area contributed by atoms with Crippen molar-refractivity contribution in [2.75, 3.05) is 7.11 Å². The van der Waals surface area contributed by atoms with Crippen LogP contribution in [0.4, 0.5) is 0 Å². The molecule has 0 bridgehead atoms. The predicted molar refractivity (Wildman–Crippen MR) is 121 cm³/mol. The molecule has 0 fully saturated rings. The Kier molecular flexibility index (Phi) is 6.27. The quantitative estimate of drug-likeness (QED) is 0.543. The van der Waals surface area contributed by atoms with Crippen molar-refractivity contribution < 1.29 is 14.3 Å². The Morgan fingerprint density at radius 2 is 1.80 bits per heavy atom. The average molecular weight is 425 g/mol. The number of nitrogens with zero attached hydrogens (tertiary/aromatic N) is 2. The third-order valence-electron chi connectivity index (χ3n) is 5.16. The molecule has 0 radical (unpaired) electrons. The first-order valence-corrected chi connectivity index (χ1v) is 10.9. The van der Waals surface area contributed by atoms with Gasteiger partial charge in [-0.1, -0.05) is 62.8 Å². The van der Waals surface area contributed by atoms with E-state index in [0.717, 1.165) is 15.8 Å². The first-order valence-electron chi connectivity index (χ1n) is 10.0. The van der Waals surface area contributed by atoms with Gasteiger partial charge in [0.15, 0.2) is 4.80 Å². The van der Waals surface area contributed by atoms with E-state index in [-0.39, 0.29) is 17.3 Å². The molecule has 2 aromatic carbocycles. The maximum Gasteiger partial charge on any atom is 0.328 e. The van der Waals surface area contributed by atoms with E-state index in [4.69, 9.17) is 4.74 Å². The van der Waals surface area contributed by atoms with E-state index in [1.165, 1.54) is 24.0 Å². The van der Waals surface area contributed by atoms with Gasteiger partial charge in [0.25, 0.3) is 5.91 Å². The minimum Gasteiger partial charge on any atom is -0.467 e. The Bertz CT molecular complexity index is 1150. The zero-order valence-corrected chi connectivity index (χ0v) is 19.2. The second kappa shape index (κ2) is 8.56. The van der Waals surface area contributed by atoms with Crippen molar-refractivity contribution in [2.45, 2.75) is 52.5 Å². The molecule has 0 aliphatic carbocycles. The lowest BCUT2D eigenvalue weighted by Gasteiger charge is -2.19. The highest BCUT2D eigenvalue weighted by atomic mass is 32.1. The zero-order chi connectivity index (χ0) is 22.1. The first-order chi connectivity index (χ1) is 14.2. The van der Waals surface area contributed by atoms with E-state index < -0.39 is 6.04 Å². The summed E-state index contributed by atoms with van der Waals surface area (Å²) in [5, 5.41) is 0. The lowest BCUT2D eigenvalue weighted by atomic mass is 9.87. The molecule has 0 spiro atoms. The van der Waals surface area contributed by atoms with E-state index in [1.54, 1.807) is 12.1 Å². The zero-order valence-electron chi connectivity index (χ0n) is 18.4. The van der Waals surface area contributed by atoms with E-state index in [1.807, 2.05) is 36.6 Å². The number of carbonyl (C=O) groups excluding carboxylic acids is 2. The highest BCUT2D eigenvalue weighted by molar-refractivity contribution is 7.16. The van der Waals surface area contributed by atoms with Crippen LogP contribution in [0.1, 0.15) is 61.6 Å². The average Bonchev–Trinajstić information content (AvgIpc) is 3.05.